The van der Waals surface area contributed by atoms with E-state index >= 15 is 0 Å². The van der Waals surface area contributed by atoms with Gasteiger partial charge in [0, 0.05) is 30.1 Å². The lowest BCUT2D eigenvalue weighted by Crippen LogP contribution is -2.52. The molecule has 0 aliphatic carbocycles. The lowest BCUT2D eigenvalue weighted by atomic mass is 10.0. The van der Waals surface area contributed by atoms with Crippen molar-refractivity contribution in [2.45, 2.75) is 23.8 Å². The summed E-state index contributed by atoms with van der Waals surface area (Å²) in [6.45, 7) is 0.875. The number of benzene rings is 3. The molecule has 4 rings (SSSR count). The molecular formula is C29H41N5O8S2. The van der Waals surface area contributed by atoms with Crippen molar-refractivity contribution in [2.24, 2.45) is 0 Å². The number of hydrogen-bond acceptors (Lipinski definition) is 8. The molecule has 13 nitrogen and oxygen atoms in total. The SMILES string of the molecule is COc1ccc(N(C)C(=O)[C@H](CCc2ccccc2)NC(=O)NS(=O)(=O)Nc2cccc(S(=O)(=O)N3CCOCC3)c2)cc1.[HH].[HH].[HH]. The van der Waals surface area contributed by atoms with Crippen LogP contribution in [0, 0.1) is 0 Å². The molecule has 0 aromatic heterocycles. The highest BCUT2D eigenvalue weighted by Crippen LogP contribution is 2.22. The topological polar surface area (TPSA) is 163 Å². The Balaban J connectivity index is 0.00000368. The van der Waals surface area contributed by atoms with Crippen molar-refractivity contribution in [1.82, 2.24) is 14.3 Å². The second-order valence-corrected chi connectivity index (χ2v) is 13.3. The maximum absolute atomic E-state index is 13.5. The normalized spacial score (nSPS) is 14.7. The van der Waals surface area contributed by atoms with Crippen LogP contribution in [-0.4, -0.2) is 79.6 Å². The summed E-state index contributed by atoms with van der Waals surface area (Å²) in [6.07, 6.45) is 0.620. The van der Waals surface area contributed by atoms with Gasteiger partial charge in [0.2, 0.25) is 15.9 Å². The number of amides is 3. The first-order chi connectivity index (χ1) is 21.0. The molecule has 0 unspecified atom stereocenters. The van der Waals surface area contributed by atoms with Gasteiger partial charge in [-0.3, -0.25) is 9.52 Å². The number of methoxy groups -OCH3 is 1. The van der Waals surface area contributed by atoms with E-state index in [0.717, 1.165) is 11.6 Å². The monoisotopic (exact) mass is 651 g/mol. The van der Waals surface area contributed by atoms with Gasteiger partial charge in [-0.2, -0.15) is 12.7 Å². The molecule has 1 saturated heterocycles. The van der Waals surface area contributed by atoms with Crippen LogP contribution in [0.15, 0.2) is 83.8 Å². The number of rotatable bonds is 12. The Hall–Kier alpha value is -4.18. The average Bonchev–Trinajstić information content (AvgIpc) is 3.03. The standard InChI is InChI=1S/C29H35N5O8S2.3H2/c1-33(24-12-14-25(41-2)15-13-24)28(35)27(16-11-22-7-4-3-5-8-22)30-29(36)32-44(39,40)31-23-9-6-10-26(21-23)43(37,38)34-17-19-42-20-18-34;;;/h3-10,12-15,21,27,31H,11,16-20H2,1-2H3,(H2,30,32,36);3*1H/t27-;;;/m0.../s1. The van der Waals surface area contributed by atoms with E-state index in [2.05, 4.69) is 10.0 Å². The van der Waals surface area contributed by atoms with Crippen LogP contribution < -0.4 is 24.4 Å². The van der Waals surface area contributed by atoms with Crippen molar-refractivity contribution >= 4 is 43.5 Å². The van der Waals surface area contributed by atoms with E-state index in [0.29, 0.717) is 17.9 Å². The smallest absolute Gasteiger partial charge is 0.330 e. The number of hydrogen-bond donors (Lipinski definition) is 3. The highest BCUT2D eigenvalue weighted by molar-refractivity contribution is 7.91. The van der Waals surface area contributed by atoms with Gasteiger partial charge in [-0.05, 0) is 60.9 Å². The number of ether oxygens (including phenoxy) is 2. The van der Waals surface area contributed by atoms with Gasteiger partial charge in [-0.25, -0.2) is 17.9 Å². The van der Waals surface area contributed by atoms with E-state index < -0.39 is 38.2 Å². The molecule has 0 radical (unpaired) electrons. The van der Waals surface area contributed by atoms with Crippen LogP contribution in [0.2, 0.25) is 0 Å². The zero-order valence-electron chi connectivity index (χ0n) is 24.3. The van der Waals surface area contributed by atoms with Gasteiger partial charge in [0.1, 0.15) is 11.8 Å². The first-order valence-electron chi connectivity index (χ1n) is 13.7. The first-order valence-corrected chi connectivity index (χ1v) is 16.7. The number of nitrogens with one attached hydrogen (secondary N) is 3. The minimum atomic E-state index is -4.52. The highest BCUT2D eigenvalue weighted by atomic mass is 32.2. The molecule has 1 atom stereocenters. The summed E-state index contributed by atoms with van der Waals surface area (Å²) in [4.78, 5) is 27.6. The molecule has 1 fully saturated rings. The largest absolute Gasteiger partial charge is 0.497 e. The van der Waals surface area contributed by atoms with Crippen LogP contribution in [0.25, 0.3) is 0 Å². The van der Waals surface area contributed by atoms with Crippen molar-refractivity contribution in [3.05, 3.63) is 84.4 Å². The summed E-state index contributed by atoms with van der Waals surface area (Å²) in [7, 11) is -5.32. The number of anilines is 2. The second kappa shape index (κ2) is 14.5. The van der Waals surface area contributed by atoms with E-state index in [1.165, 1.54) is 34.5 Å². The number of nitrogens with zero attached hydrogens (tertiary/aromatic N) is 2. The van der Waals surface area contributed by atoms with E-state index in [-0.39, 0.29) is 47.6 Å². The number of carbonyl (C=O) groups excluding carboxylic acids is 2. The minimum Gasteiger partial charge on any atom is -0.497 e. The van der Waals surface area contributed by atoms with Gasteiger partial charge in [-0.15, -0.1) is 0 Å². The van der Waals surface area contributed by atoms with E-state index in [1.807, 2.05) is 35.1 Å². The molecule has 44 heavy (non-hydrogen) atoms. The van der Waals surface area contributed by atoms with Crippen LogP contribution in [0.3, 0.4) is 0 Å². The van der Waals surface area contributed by atoms with Crippen molar-refractivity contribution in [1.29, 1.82) is 0 Å². The molecule has 15 heteroatoms. The van der Waals surface area contributed by atoms with Gasteiger partial charge < -0.3 is 19.7 Å². The molecule has 1 aliphatic rings. The van der Waals surface area contributed by atoms with Gasteiger partial charge in [0.25, 0.3) is 0 Å². The average molecular weight is 652 g/mol. The Morgan fingerprint density at radius 2 is 1.66 bits per heavy atom. The summed E-state index contributed by atoms with van der Waals surface area (Å²) < 4.78 is 67.3. The fraction of sp³-hybridized carbons (Fsp3) is 0.310. The summed E-state index contributed by atoms with van der Waals surface area (Å²) >= 11 is 0. The van der Waals surface area contributed by atoms with Gasteiger partial charge in [0.15, 0.2) is 0 Å². The van der Waals surface area contributed by atoms with Gasteiger partial charge in [0.05, 0.1) is 30.9 Å². The lowest BCUT2D eigenvalue weighted by molar-refractivity contribution is -0.120. The van der Waals surface area contributed by atoms with Gasteiger partial charge in [-0.1, -0.05) is 36.4 Å². The summed E-state index contributed by atoms with van der Waals surface area (Å²) in [5.74, 6) is 0.141. The minimum absolute atomic E-state index is 0. The molecule has 3 N–H and O–H groups in total. The Morgan fingerprint density at radius 1 is 0.977 bits per heavy atom. The third-order valence-electron chi connectivity index (χ3n) is 6.88. The van der Waals surface area contributed by atoms with Crippen LogP contribution >= 0.6 is 0 Å². The lowest BCUT2D eigenvalue weighted by Gasteiger charge is -2.26. The molecular weight excluding hydrogens is 610 g/mol. The maximum atomic E-state index is 13.5. The van der Waals surface area contributed by atoms with Crippen LogP contribution in [0.4, 0.5) is 16.2 Å². The molecule has 0 bridgehead atoms. The highest BCUT2D eigenvalue weighted by Gasteiger charge is 2.28. The Morgan fingerprint density at radius 3 is 2.32 bits per heavy atom. The number of likely N-dealkylation sites (N-methyl/N-ethyl adjacent to an activating group) is 1. The molecule has 0 spiro atoms. The number of urea groups is 1. The zero-order valence-corrected chi connectivity index (χ0v) is 25.9. The predicted octanol–water partition coefficient (Wildman–Crippen LogP) is 3.07. The van der Waals surface area contributed by atoms with E-state index in [1.54, 1.807) is 31.3 Å². The number of sulfonamides is 1. The quantitative estimate of drug-likeness (QED) is 0.269. The molecule has 3 aromatic rings. The van der Waals surface area contributed by atoms with Crippen LogP contribution in [0.1, 0.15) is 16.3 Å². The van der Waals surface area contributed by atoms with E-state index in [4.69, 9.17) is 9.47 Å². The Bertz CT molecular complexity index is 1660. The van der Waals surface area contributed by atoms with Crippen molar-refractivity contribution in [2.75, 3.05) is 50.1 Å². The fourth-order valence-electron chi connectivity index (χ4n) is 4.53. The second-order valence-electron chi connectivity index (χ2n) is 9.90. The molecule has 0 saturated carbocycles. The molecule has 242 valence electrons. The number of morpholine rings is 1. The summed E-state index contributed by atoms with van der Waals surface area (Å²) in [5, 5.41) is 2.48. The zero-order chi connectivity index (χ0) is 31.7. The molecule has 3 aromatic carbocycles. The molecule has 1 aliphatic heterocycles. The Kier molecular flexibility index (Phi) is 10.8. The molecule has 3 amide bonds. The Labute approximate surface area is 261 Å². The van der Waals surface area contributed by atoms with Crippen molar-refractivity contribution in [3.63, 3.8) is 0 Å². The maximum Gasteiger partial charge on any atom is 0.330 e. The fourth-order valence-corrected chi connectivity index (χ4v) is 6.77. The van der Waals surface area contributed by atoms with E-state index in [9.17, 15) is 26.4 Å². The summed E-state index contributed by atoms with van der Waals surface area (Å²) in [6, 6.07) is 19.1. The number of aryl methyl sites for hydroxylation is 1. The third-order valence-corrected chi connectivity index (χ3v) is 9.73. The predicted molar refractivity (Wildman–Crippen MR) is 172 cm³/mol. The first kappa shape index (κ1) is 32.7. The van der Waals surface area contributed by atoms with Crippen LogP contribution in [0.5, 0.6) is 5.75 Å². The van der Waals surface area contributed by atoms with Crippen molar-refractivity contribution in [3.8, 4) is 5.75 Å². The molecule has 1 heterocycles. The third kappa shape index (κ3) is 8.69. The van der Waals surface area contributed by atoms with Crippen molar-refractivity contribution < 1.29 is 40.2 Å². The summed E-state index contributed by atoms with van der Waals surface area (Å²) in [5.41, 5.74) is 1.40. The van der Waals surface area contributed by atoms with Gasteiger partial charge >= 0.3 is 16.2 Å². The number of carbonyl (C=O) groups is 2. The van der Waals surface area contributed by atoms with Crippen LogP contribution in [-0.2, 0) is 36.2 Å².